The Labute approximate surface area is 92.5 Å². The summed E-state index contributed by atoms with van der Waals surface area (Å²) in [5.74, 6) is 0. The van der Waals surface area contributed by atoms with Crippen LogP contribution in [0.1, 0.15) is 12.6 Å². The van der Waals surface area contributed by atoms with Gasteiger partial charge in [-0.1, -0.05) is 11.6 Å². The summed E-state index contributed by atoms with van der Waals surface area (Å²) in [4.78, 5) is 8.09. The molecule has 0 fully saturated rings. The van der Waals surface area contributed by atoms with Crippen LogP contribution in [0.4, 0.5) is 0 Å². The zero-order valence-corrected chi connectivity index (χ0v) is 9.36. The van der Waals surface area contributed by atoms with Crippen LogP contribution in [0.25, 0.3) is 11.0 Å². The lowest BCUT2D eigenvalue weighted by Crippen LogP contribution is -2.13. The molecule has 4 nitrogen and oxygen atoms in total. The van der Waals surface area contributed by atoms with Crippen molar-refractivity contribution >= 4 is 22.6 Å². The SMILES string of the molecule is Cc1cc2c(Cl)ncnc2n1C[C@H](C)O. The molecule has 80 valence electrons. The molecule has 0 spiro atoms. The van der Waals surface area contributed by atoms with E-state index in [0.29, 0.717) is 11.7 Å². The fourth-order valence-electron chi connectivity index (χ4n) is 1.65. The van der Waals surface area contributed by atoms with Crippen molar-refractivity contribution in [3.8, 4) is 0 Å². The van der Waals surface area contributed by atoms with Gasteiger partial charge in [0, 0.05) is 12.2 Å². The van der Waals surface area contributed by atoms with Crippen LogP contribution in [0.15, 0.2) is 12.4 Å². The second-order valence-corrected chi connectivity index (χ2v) is 4.01. The maximum atomic E-state index is 9.38. The van der Waals surface area contributed by atoms with Crippen molar-refractivity contribution in [2.75, 3.05) is 0 Å². The van der Waals surface area contributed by atoms with Gasteiger partial charge in [-0.3, -0.25) is 0 Å². The van der Waals surface area contributed by atoms with E-state index in [1.807, 2.05) is 17.6 Å². The van der Waals surface area contributed by atoms with Crippen molar-refractivity contribution in [3.05, 3.63) is 23.2 Å². The summed E-state index contributed by atoms with van der Waals surface area (Å²) in [6.45, 7) is 4.22. The van der Waals surface area contributed by atoms with Crippen LogP contribution in [0.2, 0.25) is 5.15 Å². The summed E-state index contributed by atoms with van der Waals surface area (Å²) in [6.07, 6.45) is 1.02. The molecule has 0 bridgehead atoms. The first-order valence-corrected chi connectivity index (χ1v) is 5.12. The van der Waals surface area contributed by atoms with Crippen molar-refractivity contribution in [2.24, 2.45) is 0 Å². The molecule has 0 aliphatic carbocycles. The smallest absolute Gasteiger partial charge is 0.145 e. The number of fused-ring (bicyclic) bond motifs is 1. The molecule has 2 aromatic heterocycles. The van der Waals surface area contributed by atoms with Gasteiger partial charge in [0.15, 0.2) is 0 Å². The third kappa shape index (κ3) is 1.82. The second-order valence-electron chi connectivity index (χ2n) is 3.65. The molecule has 0 saturated carbocycles. The van der Waals surface area contributed by atoms with Crippen LogP contribution in [-0.4, -0.2) is 25.7 Å². The fraction of sp³-hybridized carbons (Fsp3) is 0.400. The lowest BCUT2D eigenvalue weighted by Gasteiger charge is -2.09. The highest BCUT2D eigenvalue weighted by Gasteiger charge is 2.11. The minimum Gasteiger partial charge on any atom is -0.392 e. The van der Waals surface area contributed by atoms with Gasteiger partial charge in [0.25, 0.3) is 0 Å². The summed E-state index contributed by atoms with van der Waals surface area (Å²) >= 11 is 5.95. The van der Waals surface area contributed by atoms with E-state index in [9.17, 15) is 5.11 Å². The number of nitrogens with zero attached hydrogens (tertiary/aromatic N) is 3. The Morgan fingerprint density at radius 1 is 1.53 bits per heavy atom. The number of aromatic nitrogens is 3. The van der Waals surface area contributed by atoms with Crippen LogP contribution in [0, 0.1) is 6.92 Å². The molecule has 0 aromatic carbocycles. The lowest BCUT2D eigenvalue weighted by molar-refractivity contribution is 0.174. The highest BCUT2D eigenvalue weighted by Crippen LogP contribution is 2.23. The summed E-state index contributed by atoms with van der Waals surface area (Å²) < 4.78 is 1.94. The molecular formula is C10H12ClN3O. The van der Waals surface area contributed by atoms with E-state index in [4.69, 9.17) is 11.6 Å². The molecule has 2 heterocycles. The number of halogens is 1. The molecule has 1 N–H and O–H groups in total. The van der Waals surface area contributed by atoms with Gasteiger partial charge in [-0.2, -0.15) is 0 Å². The van der Waals surface area contributed by atoms with Crippen LogP contribution in [-0.2, 0) is 6.54 Å². The number of hydrogen-bond acceptors (Lipinski definition) is 3. The summed E-state index contributed by atoms with van der Waals surface area (Å²) in [5.41, 5.74) is 1.79. The highest BCUT2D eigenvalue weighted by atomic mass is 35.5. The first-order chi connectivity index (χ1) is 7.09. The van der Waals surface area contributed by atoms with Crippen LogP contribution in [0.3, 0.4) is 0 Å². The summed E-state index contributed by atoms with van der Waals surface area (Å²) in [7, 11) is 0. The Bertz CT molecular complexity index is 493. The molecule has 0 radical (unpaired) electrons. The van der Waals surface area contributed by atoms with E-state index in [2.05, 4.69) is 9.97 Å². The van der Waals surface area contributed by atoms with Gasteiger partial charge in [-0.25, -0.2) is 9.97 Å². The molecular weight excluding hydrogens is 214 g/mol. The highest BCUT2D eigenvalue weighted by molar-refractivity contribution is 6.33. The summed E-state index contributed by atoms with van der Waals surface area (Å²) in [5, 5.41) is 10.7. The van der Waals surface area contributed by atoms with Crippen molar-refractivity contribution in [1.29, 1.82) is 0 Å². The number of aryl methyl sites for hydroxylation is 1. The van der Waals surface area contributed by atoms with Crippen molar-refractivity contribution in [3.63, 3.8) is 0 Å². The van der Waals surface area contributed by atoms with Gasteiger partial charge >= 0.3 is 0 Å². The lowest BCUT2D eigenvalue weighted by atomic mass is 10.4. The van der Waals surface area contributed by atoms with Crippen LogP contribution < -0.4 is 0 Å². The van der Waals surface area contributed by atoms with Crippen molar-refractivity contribution in [2.45, 2.75) is 26.5 Å². The van der Waals surface area contributed by atoms with Crippen LogP contribution >= 0.6 is 11.6 Å². The Hall–Kier alpha value is -1.13. The van der Waals surface area contributed by atoms with Crippen molar-refractivity contribution < 1.29 is 5.11 Å². The molecule has 2 aromatic rings. The van der Waals surface area contributed by atoms with E-state index in [1.165, 1.54) is 6.33 Å². The Morgan fingerprint density at radius 2 is 2.27 bits per heavy atom. The number of aliphatic hydroxyl groups is 1. The fourth-order valence-corrected chi connectivity index (χ4v) is 1.84. The minimum absolute atomic E-state index is 0.409. The maximum Gasteiger partial charge on any atom is 0.145 e. The molecule has 5 heteroatoms. The molecule has 0 amide bonds. The molecule has 0 aliphatic rings. The first kappa shape index (κ1) is 10.4. The summed E-state index contributed by atoms with van der Waals surface area (Å²) in [6, 6.07) is 1.93. The molecule has 0 aliphatic heterocycles. The number of aliphatic hydroxyl groups excluding tert-OH is 1. The van der Waals surface area contributed by atoms with Gasteiger partial charge in [-0.15, -0.1) is 0 Å². The van der Waals surface area contributed by atoms with Gasteiger partial charge < -0.3 is 9.67 Å². The monoisotopic (exact) mass is 225 g/mol. The normalized spacial score (nSPS) is 13.3. The zero-order chi connectivity index (χ0) is 11.0. The molecule has 0 unspecified atom stereocenters. The molecule has 2 rings (SSSR count). The van der Waals surface area contributed by atoms with E-state index < -0.39 is 6.10 Å². The number of hydrogen-bond donors (Lipinski definition) is 1. The Balaban J connectivity index is 2.63. The van der Waals surface area contributed by atoms with Gasteiger partial charge in [0.2, 0.25) is 0 Å². The van der Waals surface area contributed by atoms with E-state index in [1.54, 1.807) is 6.92 Å². The van der Waals surface area contributed by atoms with E-state index >= 15 is 0 Å². The average molecular weight is 226 g/mol. The first-order valence-electron chi connectivity index (χ1n) is 4.74. The molecule has 15 heavy (non-hydrogen) atoms. The second kappa shape index (κ2) is 3.79. The van der Waals surface area contributed by atoms with Crippen molar-refractivity contribution in [1.82, 2.24) is 14.5 Å². The van der Waals surface area contributed by atoms with Gasteiger partial charge in [-0.05, 0) is 19.9 Å². The Morgan fingerprint density at radius 3 is 2.93 bits per heavy atom. The van der Waals surface area contributed by atoms with E-state index in [-0.39, 0.29) is 0 Å². The third-order valence-electron chi connectivity index (χ3n) is 2.30. The molecule has 0 saturated heterocycles. The van der Waals surface area contributed by atoms with E-state index in [0.717, 1.165) is 16.7 Å². The van der Waals surface area contributed by atoms with Crippen LogP contribution in [0.5, 0.6) is 0 Å². The van der Waals surface area contributed by atoms with Gasteiger partial charge in [0.05, 0.1) is 11.5 Å². The Kier molecular flexibility index (Phi) is 2.63. The predicted molar refractivity (Wildman–Crippen MR) is 59.0 cm³/mol. The molecule has 1 atom stereocenters. The predicted octanol–water partition coefficient (Wildman–Crippen LogP) is 1.77. The zero-order valence-electron chi connectivity index (χ0n) is 8.61. The number of rotatable bonds is 2. The minimum atomic E-state index is -0.409. The quantitative estimate of drug-likeness (QED) is 0.793. The third-order valence-corrected chi connectivity index (χ3v) is 2.60. The standard InChI is InChI=1S/C10H12ClN3O/c1-6-3-8-9(11)12-5-13-10(8)14(6)4-7(2)15/h3,5,7,15H,4H2,1-2H3/t7-/m0/s1. The topological polar surface area (TPSA) is 50.9 Å². The van der Waals surface area contributed by atoms with Gasteiger partial charge in [0.1, 0.15) is 17.1 Å². The maximum absolute atomic E-state index is 9.38. The average Bonchev–Trinajstić information content (AvgIpc) is 2.45. The largest absolute Gasteiger partial charge is 0.392 e.